The molecule has 0 aromatic carbocycles. The van der Waals surface area contributed by atoms with Crippen LogP contribution < -0.4 is 5.73 Å². The number of carbonyl (C=O) groups excluding carboxylic acids is 1. The van der Waals surface area contributed by atoms with Gasteiger partial charge in [0.15, 0.2) is 0 Å². The van der Waals surface area contributed by atoms with Crippen molar-refractivity contribution in [1.29, 1.82) is 0 Å². The van der Waals surface area contributed by atoms with Gasteiger partial charge in [0.05, 0.1) is 6.10 Å². The number of nitrogens with one attached hydrogen (secondary N) is 1. The molecule has 0 saturated carbocycles. The van der Waals surface area contributed by atoms with Crippen molar-refractivity contribution in [3.8, 4) is 0 Å². The van der Waals surface area contributed by atoms with E-state index in [0.717, 1.165) is 0 Å². The fourth-order valence-electron chi connectivity index (χ4n) is 1.59. The number of carbonyl (C=O) groups is 1. The van der Waals surface area contributed by atoms with Crippen molar-refractivity contribution in [2.24, 2.45) is 0 Å². The van der Waals surface area contributed by atoms with E-state index in [2.05, 4.69) is 15.2 Å². The van der Waals surface area contributed by atoms with E-state index in [1.54, 1.807) is 4.90 Å². The Kier molecular flexibility index (Phi) is 2.55. The van der Waals surface area contributed by atoms with E-state index in [4.69, 9.17) is 5.73 Å². The first-order chi connectivity index (χ1) is 7.16. The number of amides is 1. The third-order valence-electron chi connectivity index (χ3n) is 2.46. The third kappa shape index (κ3) is 2.07. The smallest absolute Gasteiger partial charge is 0.291 e. The molecule has 82 valence electrons. The van der Waals surface area contributed by atoms with Gasteiger partial charge in [-0.1, -0.05) is 0 Å². The van der Waals surface area contributed by atoms with Crippen LogP contribution in [0.15, 0.2) is 0 Å². The number of rotatable bonds is 1. The zero-order valence-corrected chi connectivity index (χ0v) is 8.18. The highest BCUT2D eigenvalue weighted by atomic mass is 16.3. The summed E-state index contributed by atoms with van der Waals surface area (Å²) >= 11 is 0. The lowest BCUT2D eigenvalue weighted by Gasteiger charge is -2.28. The summed E-state index contributed by atoms with van der Waals surface area (Å²) in [5, 5.41) is 15.4. The van der Waals surface area contributed by atoms with Crippen molar-refractivity contribution < 1.29 is 9.90 Å². The average Bonchev–Trinajstić information content (AvgIpc) is 2.65. The Morgan fingerprint density at radius 1 is 1.53 bits per heavy atom. The highest BCUT2D eigenvalue weighted by Crippen LogP contribution is 2.12. The van der Waals surface area contributed by atoms with Crippen molar-refractivity contribution >= 4 is 11.9 Å². The highest BCUT2D eigenvalue weighted by Gasteiger charge is 2.24. The SMILES string of the molecule is Nc1n[nH]c(C(=O)N2CCC(O)CC2)n1. The molecule has 1 amide bonds. The lowest BCUT2D eigenvalue weighted by molar-refractivity contribution is 0.0536. The van der Waals surface area contributed by atoms with Gasteiger partial charge >= 0.3 is 0 Å². The number of anilines is 1. The van der Waals surface area contributed by atoms with E-state index < -0.39 is 0 Å². The quantitative estimate of drug-likeness (QED) is 0.551. The summed E-state index contributed by atoms with van der Waals surface area (Å²) in [6.07, 6.45) is 0.916. The first-order valence-corrected chi connectivity index (χ1v) is 4.82. The second-order valence-electron chi connectivity index (χ2n) is 3.57. The van der Waals surface area contributed by atoms with Crippen LogP contribution in [-0.4, -0.2) is 50.3 Å². The number of hydrogen-bond acceptors (Lipinski definition) is 5. The van der Waals surface area contributed by atoms with Crippen LogP contribution in [0.1, 0.15) is 23.5 Å². The Morgan fingerprint density at radius 3 is 2.73 bits per heavy atom. The summed E-state index contributed by atoms with van der Waals surface area (Å²) in [5.74, 6) is 0.00499. The Balaban J connectivity index is 2.02. The Hall–Kier alpha value is -1.63. The molecule has 7 heteroatoms. The van der Waals surface area contributed by atoms with Crippen molar-refractivity contribution in [2.45, 2.75) is 18.9 Å². The van der Waals surface area contributed by atoms with Gasteiger partial charge in [-0.25, -0.2) is 0 Å². The zero-order valence-electron chi connectivity index (χ0n) is 8.18. The molecule has 0 aliphatic carbocycles. The molecule has 1 aliphatic heterocycles. The molecule has 1 aliphatic rings. The number of nitrogens with zero attached hydrogens (tertiary/aromatic N) is 3. The molecule has 0 spiro atoms. The summed E-state index contributed by atoms with van der Waals surface area (Å²) in [6.45, 7) is 1.08. The molecule has 2 heterocycles. The first kappa shape index (κ1) is 9.91. The van der Waals surface area contributed by atoms with E-state index in [0.29, 0.717) is 25.9 Å². The Morgan fingerprint density at radius 2 is 2.20 bits per heavy atom. The number of aliphatic hydroxyl groups excluding tert-OH is 1. The van der Waals surface area contributed by atoms with Crippen LogP contribution in [0.2, 0.25) is 0 Å². The molecule has 0 bridgehead atoms. The largest absolute Gasteiger partial charge is 0.393 e. The summed E-state index contributed by atoms with van der Waals surface area (Å²) in [6, 6.07) is 0. The molecule has 0 radical (unpaired) electrons. The minimum Gasteiger partial charge on any atom is -0.393 e. The van der Waals surface area contributed by atoms with Crippen LogP contribution in [0.3, 0.4) is 0 Å². The summed E-state index contributed by atoms with van der Waals surface area (Å²) in [4.78, 5) is 17.2. The van der Waals surface area contributed by atoms with Crippen LogP contribution in [0.5, 0.6) is 0 Å². The van der Waals surface area contributed by atoms with E-state index >= 15 is 0 Å². The molecule has 1 aromatic heterocycles. The molecule has 1 fully saturated rings. The first-order valence-electron chi connectivity index (χ1n) is 4.82. The van der Waals surface area contributed by atoms with Gasteiger partial charge in [-0.05, 0) is 12.8 Å². The second-order valence-corrected chi connectivity index (χ2v) is 3.57. The lowest BCUT2D eigenvalue weighted by Crippen LogP contribution is -2.40. The Labute approximate surface area is 86.3 Å². The summed E-state index contributed by atoms with van der Waals surface area (Å²) in [7, 11) is 0. The zero-order chi connectivity index (χ0) is 10.8. The summed E-state index contributed by atoms with van der Waals surface area (Å²) in [5.41, 5.74) is 5.30. The normalized spacial score (nSPS) is 18.1. The van der Waals surface area contributed by atoms with E-state index in [9.17, 15) is 9.90 Å². The van der Waals surface area contributed by atoms with Crippen LogP contribution in [-0.2, 0) is 0 Å². The maximum absolute atomic E-state index is 11.8. The van der Waals surface area contributed by atoms with Crippen LogP contribution in [0.25, 0.3) is 0 Å². The maximum atomic E-state index is 11.8. The molecule has 15 heavy (non-hydrogen) atoms. The van der Waals surface area contributed by atoms with Crippen molar-refractivity contribution in [1.82, 2.24) is 20.1 Å². The van der Waals surface area contributed by atoms with Crippen molar-refractivity contribution in [3.05, 3.63) is 5.82 Å². The lowest BCUT2D eigenvalue weighted by atomic mass is 10.1. The number of piperidine rings is 1. The molecule has 1 aromatic rings. The fourth-order valence-corrected chi connectivity index (χ4v) is 1.59. The van der Waals surface area contributed by atoms with Gasteiger partial charge in [0.2, 0.25) is 11.8 Å². The third-order valence-corrected chi connectivity index (χ3v) is 2.46. The number of likely N-dealkylation sites (tertiary alicyclic amines) is 1. The predicted molar refractivity (Wildman–Crippen MR) is 51.9 cm³/mol. The van der Waals surface area contributed by atoms with Crippen LogP contribution >= 0.6 is 0 Å². The van der Waals surface area contributed by atoms with E-state index in [1.807, 2.05) is 0 Å². The molecular formula is C8H13N5O2. The van der Waals surface area contributed by atoms with Crippen LogP contribution in [0.4, 0.5) is 5.95 Å². The number of nitrogen functional groups attached to an aromatic ring is 1. The number of aromatic nitrogens is 3. The minimum absolute atomic E-state index is 0.0652. The Bertz CT molecular complexity index is 356. The van der Waals surface area contributed by atoms with Gasteiger partial charge in [-0.15, -0.1) is 5.10 Å². The number of H-pyrrole nitrogens is 1. The van der Waals surface area contributed by atoms with E-state index in [-0.39, 0.29) is 23.8 Å². The standard InChI is InChI=1S/C8H13N5O2/c9-8-10-6(11-12-8)7(15)13-3-1-5(14)2-4-13/h5,14H,1-4H2,(H3,9,10,11,12). The molecule has 1 saturated heterocycles. The van der Waals surface area contributed by atoms with Crippen molar-refractivity contribution in [2.75, 3.05) is 18.8 Å². The number of aromatic amines is 1. The molecule has 7 nitrogen and oxygen atoms in total. The van der Waals surface area contributed by atoms with Gasteiger partial charge in [-0.3, -0.25) is 9.89 Å². The highest BCUT2D eigenvalue weighted by molar-refractivity contribution is 5.90. The number of hydrogen-bond donors (Lipinski definition) is 3. The van der Waals surface area contributed by atoms with Gasteiger partial charge in [0.1, 0.15) is 0 Å². The van der Waals surface area contributed by atoms with Gasteiger partial charge < -0.3 is 15.7 Å². The molecule has 4 N–H and O–H groups in total. The minimum atomic E-state index is -0.297. The fraction of sp³-hybridized carbons (Fsp3) is 0.625. The van der Waals surface area contributed by atoms with Crippen LogP contribution in [0, 0.1) is 0 Å². The van der Waals surface area contributed by atoms with Gasteiger partial charge in [0, 0.05) is 13.1 Å². The van der Waals surface area contributed by atoms with E-state index in [1.165, 1.54) is 0 Å². The monoisotopic (exact) mass is 211 g/mol. The maximum Gasteiger partial charge on any atom is 0.291 e. The number of nitrogens with two attached hydrogens (primary N) is 1. The number of aliphatic hydroxyl groups is 1. The average molecular weight is 211 g/mol. The predicted octanol–water partition coefficient (Wildman–Crippen LogP) is -1.02. The molecule has 2 rings (SSSR count). The summed E-state index contributed by atoms with van der Waals surface area (Å²) < 4.78 is 0. The van der Waals surface area contributed by atoms with Gasteiger partial charge in [0.25, 0.3) is 5.91 Å². The topological polar surface area (TPSA) is 108 Å². The molecule has 0 atom stereocenters. The second kappa shape index (κ2) is 3.85. The molecular weight excluding hydrogens is 198 g/mol. The van der Waals surface area contributed by atoms with Gasteiger partial charge in [-0.2, -0.15) is 4.98 Å². The van der Waals surface area contributed by atoms with Crippen molar-refractivity contribution in [3.63, 3.8) is 0 Å². The molecule has 0 unspecified atom stereocenters.